The number of hydrogen-bond donors (Lipinski definition) is 2. The predicted octanol–water partition coefficient (Wildman–Crippen LogP) is 3.84. The van der Waals surface area contributed by atoms with Gasteiger partial charge in [0.05, 0.1) is 11.3 Å². The van der Waals surface area contributed by atoms with Gasteiger partial charge >= 0.3 is 0 Å². The zero-order chi connectivity index (χ0) is 21.2. The molecule has 0 bridgehead atoms. The Morgan fingerprint density at radius 1 is 0.931 bits per heavy atom. The van der Waals surface area contributed by atoms with E-state index in [9.17, 15) is 14.4 Å². The van der Waals surface area contributed by atoms with Gasteiger partial charge in [0, 0.05) is 29.8 Å². The molecular formula is C23H27N3O3. The summed E-state index contributed by atoms with van der Waals surface area (Å²) < 4.78 is 0. The summed E-state index contributed by atoms with van der Waals surface area (Å²) in [7, 11) is 1.70. The number of nitrogens with zero attached hydrogens (tertiary/aromatic N) is 1. The second-order valence-electron chi connectivity index (χ2n) is 8.42. The molecule has 0 aliphatic heterocycles. The summed E-state index contributed by atoms with van der Waals surface area (Å²) in [5, 5.41) is 5.75. The molecule has 2 aromatic carbocycles. The molecule has 2 aromatic rings. The van der Waals surface area contributed by atoms with Crippen molar-refractivity contribution in [3.8, 4) is 0 Å². The van der Waals surface area contributed by atoms with Gasteiger partial charge in [-0.25, -0.2) is 0 Å². The normalized spacial score (nSPS) is 13.5. The molecule has 1 aliphatic rings. The molecule has 6 nitrogen and oxygen atoms in total. The Morgan fingerprint density at radius 2 is 1.55 bits per heavy atom. The smallest absolute Gasteiger partial charge is 0.257 e. The third kappa shape index (κ3) is 5.22. The predicted molar refractivity (Wildman–Crippen MR) is 114 cm³/mol. The first-order chi connectivity index (χ1) is 13.7. The van der Waals surface area contributed by atoms with Crippen molar-refractivity contribution in [2.24, 2.45) is 5.92 Å². The molecule has 6 heteroatoms. The van der Waals surface area contributed by atoms with Gasteiger partial charge in [-0.15, -0.1) is 0 Å². The van der Waals surface area contributed by atoms with Crippen LogP contribution >= 0.6 is 0 Å². The number of anilines is 2. The second kappa shape index (κ2) is 8.07. The molecule has 0 unspecified atom stereocenters. The van der Waals surface area contributed by atoms with Crippen LogP contribution in [0.4, 0.5) is 11.4 Å². The van der Waals surface area contributed by atoms with E-state index in [1.54, 1.807) is 54.4 Å². The molecule has 0 atom stereocenters. The summed E-state index contributed by atoms with van der Waals surface area (Å²) in [6.07, 6.45) is 1.82. The van der Waals surface area contributed by atoms with Crippen molar-refractivity contribution in [1.29, 1.82) is 0 Å². The van der Waals surface area contributed by atoms with Crippen LogP contribution in [0.3, 0.4) is 0 Å². The average Bonchev–Trinajstić information content (AvgIpc) is 3.51. The minimum absolute atomic E-state index is 0.0412. The molecular weight excluding hydrogens is 366 g/mol. The maximum Gasteiger partial charge on any atom is 0.257 e. The van der Waals surface area contributed by atoms with E-state index in [-0.39, 0.29) is 29.2 Å². The number of hydrogen-bond acceptors (Lipinski definition) is 3. The molecule has 1 fully saturated rings. The first-order valence-electron chi connectivity index (χ1n) is 9.76. The number of amides is 3. The lowest BCUT2D eigenvalue weighted by Gasteiger charge is -2.21. The first-order valence-corrected chi connectivity index (χ1v) is 9.76. The Labute approximate surface area is 171 Å². The third-order valence-corrected chi connectivity index (χ3v) is 4.66. The van der Waals surface area contributed by atoms with Crippen LogP contribution < -0.4 is 15.5 Å². The molecule has 2 N–H and O–H groups in total. The topological polar surface area (TPSA) is 78.5 Å². The van der Waals surface area contributed by atoms with E-state index in [0.717, 1.165) is 12.8 Å². The number of nitrogens with one attached hydrogen (secondary N) is 2. The minimum atomic E-state index is -0.322. The summed E-state index contributed by atoms with van der Waals surface area (Å²) in [6, 6.07) is 13.8. The highest BCUT2D eigenvalue weighted by atomic mass is 16.2. The van der Waals surface area contributed by atoms with Crippen molar-refractivity contribution in [3.05, 3.63) is 59.7 Å². The van der Waals surface area contributed by atoms with Crippen LogP contribution in [0.1, 0.15) is 54.3 Å². The van der Waals surface area contributed by atoms with E-state index < -0.39 is 0 Å². The Kier molecular flexibility index (Phi) is 5.73. The van der Waals surface area contributed by atoms with E-state index in [1.807, 2.05) is 26.8 Å². The van der Waals surface area contributed by atoms with Crippen molar-refractivity contribution < 1.29 is 14.4 Å². The van der Waals surface area contributed by atoms with E-state index >= 15 is 0 Å². The Morgan fingerprint density at radius 3 is 2.14 bits per heavy atom. The highest BCUT2D eigenvalue weighted by Crippen LogP contribution is 2.33. The van der Waals surface area contributed by atoms with Gasteiger partial charge in [0.15, 0.2) is 0 Å². The van der Waals surface area contributed by atoms with Crippen molar-refractivity contribution >= 4 is 29.1 Å². The van der Waals surface area contributed by atoms with Gasteiger partial charge in [0.1, 0.15) is 0 Å². The van der Waals surface area contributed by atoms with Crippen molar-refractivity contribution in [1.82, 2.24) is 5.32 Å². The summed E-state index contributed by atoms with van der Waals surface area (Å²) in [5.74, 6) is -0.355. The molecule has 152 valence electrons. The van der Waals surface area contributed by atoms with Crippen LogP contribution in [0.15, 0.2) is 48.5 Å². The molecule has 1 aliphatic carbocycles. The van der Waals surface area contributed by atoms with Crippen molar-refractivity contribution in [3.63, 3.8) is 0 Å². The quantitative estimate of drug-likeness (QED) is 0.810. The fraction of sp³-hybridized carbons (Fsp3) is 0.348. The van der Waals surface area contributed by atoms with Crippen molar-refractivity contribution in [2.45, 2.75) is 39.2 Å². The second-order valence-corrected chi connectivity index (χ2v) is 8.42. The highest BCUT2D eigenvalue weighted by molar-refractivity contribution is 6.11. The highest BCUT2D eigenvalue weighted by Gasteiger charge is 2.33. The van der Waals surface area contributed by atoms with Gasteiger partial charge in [-0.3, -0.25) is 14.4 Å². The number of carbonyl (C=O) groups excluding carboxylic acids is 3. The fourth-order valence-electron chi connectivity index (χ4n) is 3.00. The Bertz CT molecular complexity index is 925. The molecule has 0 aromatic heterocycles. The molecule has 0 spiro atoms. The monoisotopic (exact) mass is 393 g/mol. The van der Waals surface area contributed by atoms with E-state index in [1.165, 1.54) is 0 Å². The molecule has 3 amide bonds. The SMILES string of the molecule is CN(C(=O)C1CC1)c1ccccc1C(=O)Nc1ccc(C(=O)NC(C)(C)C)cc1. The van der Waals surface area contributed by atoms with Crippen LogP contribution in [0.2, 0.25) is 0 Å². The first kappa shape index (κ1) is 20.6. The fourth-order valence-corrected chi connectivity index (χ4v) is 3.00. The number of benzene rings is 2. The van der Waals surface area contributed by atoms with Crippen molar-refractivity contribution in [2.75, 3.05) is 17.3 Å². The third-order valence-electron chi connectivity index (χ3n) is 4.66. The van der Waals surface area contributed by atoms with Gasteiger partial charge in [-0.1, -0.05) is 12.1 Å². The lowest BCUT2D eigenvalue weighted by molar-refractivity contribution is -0.119. The average molecular weight is 393 g/mol. The van der Waals surface area contributed by atoms with E-state index in [2.05, 4.69) is 10.6 Å². The summed E-state index contributed by atoms with van der Waals surface area (Å²) in [6.45, 7) is 5.76. The lowest BCUT2D eigenvalue weighted by Crippen LogP contribution is -2.40. The standard InChI is InChI=1S/C23H27N3O3/c1-23(2,3)25-20(27)15-11-13-17(14-12-15)24-21(28)18-7-5-6-8-19(18)26(4)22(29)16-9-10-16/h5-8,11-14,16H,9-10H2,1-4H3,(H,24,28)(H,25,27). The van der Waals surface area contributed by atoms with Crippen LogP contribution in [-0.4, -0.2) is 30.3 Å². The molecule has 3 rings (SSSR count). The molecule has 0 saturated heterocycles. The molecule has 0 radical (unpaired) electrons. The van der Waals surface area contributed by atoms with Crippen LogP contribution in [0.5, 0.6) is 0 Å². The maximum atomic E-state index is 12.8. The number of rotatable bonds is 5. The van der Waals surface area contributed by atoms with Gasteiger partial charge in [0.25, 0.3) is 11.8 Å². The molecule has 1 saturated carbocycles. The largest absolute Gasteiger partial charge is 0.347 e. The molecule has 0 heterocycles. The Balaban J connectivity index is 1.72. The van der Waals surface area contributed by atoms with Gasteiger partial charge in [0.2, 0.25) is 5.91 Å². The minimum Gasteiger partial charge on any atom is -0.347 e. The Hall–Kier alpha value is -3.15. The summed E-state index contributed by atoms with van der Waals surface area (Å²) >= 11 is 0. The zero-order valence-corrected chi connectivity index (χ0v) is 17.3. The van der Waals surface area contributed by atoms with Crippen LogP contribution in [0, 0.1) is 5.92 Å². The number of para-hydroxylation sites is 1. The van der Waals surface area contributed by atoms with Gasteiger partial charge in [-0.05, 0) is 70.0 Å². The van der Waals surface area contributed by atoms with Crippen LogP contribution in [0.25, 0.3) is 0 Å². The molecule has 29 heavy (non-hydrogen) atoms. The van der Waals surface area contributed by atoms with Crippen LogP contribution in [-0.2, 0) is 4.79 Å². The number of carbonyl (C=O) groups is 3. The lowest BCUT2D eigenvalue weighted by atomic mass is 10.1. The summed E-state index contributed by atoms with van der Waals surface area (Å²) in [5.41, 5.74) is 1.79. The maximum absolute atomic E-state index is 12.8. The van der Waals surface area contributed by atoms with E-state index in [4.69, 9.17) is 0 Å². The summed E-state index contributed by atoms with van der Waals surface area (Å²) in [4.78, 5) is 39.0. The van der Waals surface area contributed by atoms with Gasteiger partial charge in [-0.2, -0.15) is 0 Å². The van der Waals surface area contributed by atoms with Gasteiger partial charge < -0.3 is 15.5 Å². The zero-order valence-electron chi connectivity index (χ0n) is 17.3. The van der Waals surface area contributed by atoms with E-state index in [0.29, 0.717) is 22.5 Å².